The van der Waals surface area contributed by atoms with Gasteiger partial charge in [-0.05, 0) is 54.5 Å². The molecule has 3 aromatic rings. The molecule has 2 aromatic carbocycles. The molecule has 0 aliphatic carbocycles. The van der Waals surface area contributed by atoms with Crippen LogP contribution in [0.3, 0.4) is 0 Å². The van der Waals surface area contributed by atoms with Gasteiger partial charge in [-0.1, -0.05) is 35.3 Å². The van der Waals surface area contributed by atoms with Crippen LogP contribution in [0.15, 0.2) is 42.5 Å². The Hall–Kier alpha value is -1.86. The lowest BCUT2D eigenvalue weighted by atomic mass is 10.1. The van der Waals surface area contributed by atoms with Gasteiger partial charge in [-0.25, -0.2) is 4.79 Å². The minimum atomic E-state index is -0.435. The van der Waals surface area contributed by atoms with Gasteiger partial charge in [0.25, 0.3) is 0 Å². The number of thiocarbonyl (C=S) groups is 1. The predicted molar refractivity (Wildman–Crippen MR) is 118 cm³/mol. The van der Waals surface area contributed by atoms with E-state index >= 15 is 0 Å². The fraction of sp³-hybridized carbons (Fsp3) is 0.158. The minimum Gasteiger partial charge on any atom is -0.465 e. The van der Waals surface area contributed by atoms with Crippen molar-refractivity contribution in [3.63, 3.8) is 0 Å². The quantitative estimate of drug-likeness (QED) is 0.405. The molecular formula is C19H16Cl2N2O2S2. The molecule has 0 aliphatic rings. The van der Waals surface area contributed by atoms with Crippen molar-refractivity contribution in [2.45, 2.75) is 6.42 Å². The molecule has 0 bridgehead atoms. The van der Waals surface area contributed by atoms with Gasteiger partial charge < -0.3 is 15.4 Å². The molecule has 4 nitrogen and oxygen atoms in total. The number of ether oxygens (including phenoxy) is 1. The molecule has 1 aromatic heterocycles. The van der Waals surface area contributed by atoms with Crippen molar-refractivity contribution in [3.8, 4) is 0 Å². The van der Waals surface area contributed by atoms with Crippen molar-refractivity contribution < 1.29 is 9.53 Å². The minimum absolute atomic E-state index is 0.398. The number of carbonyl (C=O) groups excluding carboxylic acids is 1. The molecule has 3 rings (SSSR count). The number of halogens is 2. The fourth-order valence-electron chi connectivity index (χ4n) is 2.51. The molecule has 0 unspecified atom stereocenters. The highest BCUT2D eigenvalue weighted by atomic mass is 35.5. The third-order valence-electron chi connectivity index (χ3n) is 3.87. The Balaban J connectivity index is 1.61. The Morgan fingerprint density at radius 1 is 1.19 bits per heavy atom. The van der Waals surface area contributed by atoms with Gasteiger partial charge in [0.2, 0.25) is 0 Å². The first-order valence-corrected chi connectivity index (χ1v) is 10.1. The summed E-state index contributed by atoms with van der Waals surface area (Å²) in [5.41, 5.74) is 2.00. The van der Waals surface area contributed by atoms with E-state index in [0.717, 1.165) is 27.2 Å². The number of methoxy groups -OCH3 is 1. The van der Waals surface area contributed by atoms with Gasteiger partial charge in [0.1, 0.15) is 4.88 Å². The maximum absolute atomic E-state index is 11.8. The number of esters is 1. The highest BCUT2D eigenvalue weighted by molar-refractivity contribution is 7.80. The van der Waals surface area contributed by atoms with E-state index in [4.69, 9.17) is 40.2 Å². The lowest BCUT2D eigenvalue weighted by Gasteiger charge is -2.10. The van der Waals surface area contributed by atoms with Crippen LogP contribution >= 0.6 is 46.8 Å². The molecule has 0 aliphatic heterocycles. The standard InChI is InChI=1S/C19H16Cl2N2O2S2/c1-25-18(24)17-16(21)14-7-6-13(10-15(14)27-17)23-19(26)22-9-8-11-2-4-12(20)5-3-11/h2-7,10H,8-9H2,1H3,(H2,22,23,26). The number of rotatable bonds is 5. The maximum Gasteiger partial charge on any atom is 0.349 e. The largest absolute Gasteiger partial charge is 0.465 e. The number of benzene rings is 2. The SMILES string of the molecule is COC(=O)c1sc2cc(NC(=S)NCCc3ccc(Cl)cc3)ccc2c1Cl. The summed E-state index contributed by atoms with van der Waals surface area (Å²) in [6, 6.07) is 13.4. The van der Waals surface area contributed by atoms with Crippen LogP contribution in [-0.2, 0) is 11.2 Å². The van der Waals surface area contributed by atoms with E-state index in [1.54, 1.807) is 0 Å². The molecule has 0 radical (unpaired) electrons. The second kappa shape index (κ2) is 8.89. The maximum atomic E-state index is 11.8. The topological polar surface area (TPSA) is 50.4 Å². The molecular weight excluding hydrogens is 423 g/mol. The van der Waals surface area contributed by atoms with Crippen LogP contribution in [0.4, 0.5) is 5.69 Å². The summed E-state index contributed by atoms with van der Waals surface area (Å²) in [6.45, 7) is 0.701. The van der Waals surface area contributed by atoms with E-state index in [1.165, 1.54) is 24.0 Å². The summed E-state index contributed by atoms with van der Waals surface area (Å²) in [4.78, 5) is 12.2. The van der Waals surface area contributed by atoms with Crippen molar-refractivity contribution >= 4 is 73.6 Å². The highest BCUT2D eigenvalue weighted by Gasteiger charge is 2.17. The van der Waals surface area contributed by atoms with Gasteiger partial charge in [0.15, 0.2) is 5.11 Å². The summed E-state index contributed by atoms with van der Waals surface area (Å²) in [5, 5.41) is 8.81. The van der Waals surface area contributed by atoms with Crippen LogP contribution in [0.1, 0.15) is 15.2 Å². The fourth-order valence-corrected chi connectivity index (χ4v) is 4.33. The number of carbonyl (C=O) groups is 1. The van der Waals surface area contributed by atoms with Crippen molar-refractivity contribution in [1.82, 2.24) is 5.32 Å². The molecule has 0 saturated heterocycles. The number of thiophene rings is 1. The zero-order valence-corrected chi connectivity index (χ0v) is 17.5. The van der Waals surface area contributed by atoms with E-state index < -0.39 is 5.97 Å². The molecule has 0 fully saturated rings. The number of fused-ring (bicyclic) bond motifs is 1. The first-order valence-electron chi connectivity index (χ1n) is 8.07. The van der Waals surface area contributed by atoms with Crippen LogP contribution in [-0.4, -0.2) is 24.7 Å². The molecule has 0 saturated carbocycles. The predicted octanol–water partition coefficient (Wildman–Crippen LogP) is 5.52. The van der Waals surface area contributed by atoms with Crippen molar-refractivity contribution in [3.05, 3.63) is 63.0 Å². The van der Waals surface area contributed by atoms with Gasteiger partial charge in [0, 0.05) is 27.3 Å². The summed E-state index contributed by atoms with van der Waals surface area (Å²) < 4.78 is 5.65. The van der Waals surface area contributed by atoms with E-state index in [-0.39, 0.29) is 0 Å². The lowest BCUT2D eigenvalue weighted by Crippen LogP contribution is -2.30. The Labute approximate surface area is 176 Å². The van der Waals surface area contributed by atoms with Crippen molar-refractivity contribution in [1.29, 1.82) is 0 Å². The summed E-state index contributed by atoms with van der Waals surface area (Å²) in [6.07, 6.45) is 0.834. The van der Waals surface area contributed by atoms with Gasteiger partial charge in [0.05, 0.1) is 12.1 Å². The smallest absolute Gasteiger partial charge is 0.349 e. The van der Waals surface area contributed by atoms with Gasteiger partial charge >= 0.3 is 5.97 Å². The molecule has 8 heteroatoms. The summed E-state index contributed by atoms with van der Waals surface area (Å²) in [5.74, 6) is -0.435. The van der Waals surface area contributed by atoms with Crippen molar-refractivity contribution in [2.24, 2.45) is 0 Å². The first-order chi connectivity index (χ1) is 13.0. The van der Waals surface area contributed by atoms with Gasteiger partial charge in [-0.3, -0.25) is 0 Å². The molecule has 2 N–H and O–H groups in total. The van der Waals surface area contributed by atoms with E-state index in [1.807, 2.05) is 42.5 Å². The normalized spacial score (nSPS) is 10.6. The van der Waals surface area contributed by atoms with E-state index in [0.29, 0.717) is 21.6 Å². The van der Waals surface area contributed by atoms with Crippen LogP contribution < -0.4 is 10.6 Å². The average molecular weight is 439 g/mol. The lowest BCUT2D eigenvalue weighted by molar-refractivity contribution is 0.0606. The molecule has 0 spiro atoms. The van der Waals surface area contributed by atoms with Crippen LogP contribution in [0.25, 0.3) is 10.1 Å². The third-order valence-corrected chi connectivity index (χ3v) is 6.01. The molecule has 0 atom stereocenters. The zero-order valence-electron chi connectivity index (χ0n) is 14.3. The highest BCUT2D eigenvalue weighted by Crippen LogP contribution is 2.37. The second-order valence-electron chi connectivity index (χ2n) is 5.71. The Kier molecular flexibility index (Phi) is 6.55. The van der Waals surface area contributed by atoms with Crippen molar-refractivity contribution in [2.75, 3.05) is 19.0 Å². The van der Waals surface area contributed by atoms with Gasteiger partial charge in [-0.15, -0.1) is 11.3 Å². The third kappa shape index (κ3) is 4.90. The Bertz CT molecular complexity index is 987. The Morgan fingerprint density at radius 2 is 1.93 bits per heavy atom. The van der Waals surface area contributed by atoms with E-state index in [9.17, 15) is 4.79 Å². The van der Waals surface area contributed by atoms with Gasteiger partial charge in [-0.2, -0.15) is 0 Å². The number of hydrogen-bond donors (Lipinski definition) is 2. The molecule has 27 heavy (non-hydrogen) atoms. The van der Waals surface area contributed by atoms with Crippen LogP contribution in [0.2, 0.25) is 10.0 Å². The van der Waals surface area contributed by atoms with Crippen LogP contribution in [0, 0.1) is 0 Å². The summed E-state index contributed by atoms with van der Waals surface area (Å²) >= 11 is 18.8. The average Bonchev–Trinajstić information content (AvgIpc) is 2.99. The second-order valence-corrected chi connectivity index (χ2v) is 7.98. The van der Waals surface area contributed by atoms with Crippen LogP contribution in [0.5, 0.6) is 0 Å². The number of hydrogen-bond acceptors (Lipinski definition) is 4. The molecule has 140 valence electrons. The zero-order chi connectivity index (χ0) is 19.4. The number of nitrogens with one attached hydrogen (secondary N) is 2. The monoisotopic (exact) mass is 438 g/mol. The molecule has 0 amide bonds. The molecule has 1 heterocycles. The summed E-state index contributed by atoms with van der Waals surface area (Å²) in [7, 11) is 1.34. The number of anilines is 1. The van der Waals surface area contributed by atoms with E-state index in [2.05, 4.69) is 10.6 Å². The first kappa shape index (κ1) is 19.9. The Morgan fingerprint density at radius 3 is 2.63 bits per heavy atom.